The second-order valence-corrected chi connectivity index (χ2v) is 16.5. The van der Waals surface area contributed by atoms with Crippen LogP contribution in [0, 0.1) is 50.2 Å². The van der Waals surface area contributed by atoms with E-state index < -0.39 is 22.4 Å². The number of carboxylic acid groups (broad SMARTS) is 1. The van der Waals surface area contributed by atoms with Gasteiger partial charge >= 0.3 is 11.9 Å². The third kappa shape index (κ3) is 3.17. The topological polar surface area (TPSA) is 97.7 Å². The number of fused-ring (bicyclic) bond motifs is 7. The Bertz CT molecular complexity index is 1250. The number of Topliss-reactive ketones (excluding diaryl/α,β-unsaturated/α-hetero) is 1. The normalized spacial score (nSPS) is 51.5. The van der Waals surface area contributed by atoms with E-state index in [-0.39, 0.29) is 69.8 Å². The molecule has 0 aromatic carbocycles. The van der Waals surface area contributed by atoms with Crippen LogP contribution in [0.2, 0.25) is 0 Å². The molecule has 1 saturated heterocycles. The average Bonchev–Trinajstić information content (AvgIpc) is 2.86. The molecule has 5 aliphatic carbocycles. The van der Waals surface area contributed by atoms with E-state index in [9.17, 15) is 24.3 Å². The van der Waals surface area contributed by atoms with Crippen molar-refractivity contribution >= 4 is 23.5 Å². The standard InChI is InChI=1S/C34H48O6/c1-28(2)23-10-11-33(7)26(31(23,5)15-17-34(28)24(36)8-9-25(37)40-34)22(35)18-20-21-19-30(4,27(38)39)13-12-29(21,3)14-16-32(20,33)6/h18,21,23,26H,8-17,19H2,1-7H3,(H,38,39)/t21-,23-,26-,29-,30+,31+,32-,33-,34-/m1/s1. The van der Waals surface area contributed by atoms with E-state index in [1.807, 2.05) is 13.0 Å². The maximum Gasteiger partial charge on any atom is 0.309 e. The molecule has 6 rings (SSSR count). The van der Waals surface area contributed by atoms with E-state index in [4.69, 9.17) is 4.74 Å². The molecule has 0 bridgehead atoms. The highest BCUT2D eigenvalue weighted by Gasteiger charge is 2.73. The van der Waals surface area contributed by atoms with Gasteiger partial charge in [0.25, 0.3) is 0 Å². The van der Waals surface area contributed by atoms with Crippen LogP contribution in [0.5, 0.6) is 0 Å². The Kier molecular flexibility index (Phi) is 5.70. The number of aliphatic carboxylic acids is 1. The van der Waals surface area contributed by atoms with Crippen molar-refractivity contribution in [3.8, 4) is 0 Å². The van der Waals surface area contributed by atoms with Crippen LogP contribution < -0.4 is 0 Å². The van der Waals surface area contributed by atoms with Crippen LogP contribution in [0.1, 0.15) is 119 Å². The van der Waals surface area contributed by atoms with Crippen molar-refractivity contribution in [2.45, 2.75) is 125 Å². The number of carboxylic acids is 1. The second kappa shape index (κ2) is 8.10. The molecule has 0 radical (unpaired) electrons. The highest BCUT2D eigenvalue weighted by molar-refractivity contribution is 5.97. The van der Waals surface area contributed by atoms with Gasteiger partial charge in [0.1, 0.15) is 0 Å². The number of hydrogen-bond donors (Lipinski definition) is 1. The summed E-state index contributed by atoms with van der Waals surface area (Å²) < 4.78 is 6.01. The number of hydrogen-bond acceptors (Lipinski definition) is 5. The molecule has 40 heavy (non-hydrogen) atoms. The lowest BCUT2D eigenvalue weighted by Crippen LogP contribution is -2.71. The monoisotopic (exact) mass is 552 g/mol. The lowest BCUT2D eigenvalue weighted by Gasteiger charge is -2.71. The second-order valence-electron chi connectivity index (χ2n) is 16.5. The summed E-state index contributed by atoms with van der Waals surface area (Å²) in [6.45, 7) is 15.4. The quantitative estimate of drug-likeness (QED) is 0.364. The number of carbonyl (C=O) groups excluding carboxylic acids is 3. The van der Waals surface area contributed by atoms with Crippen molar-refractivity contribution in [1.82, 2.24) is 0 Å². The zero-order valence-corrected chi connectivity index (χ0v) is 25.6. The molecular weight excluding hydrogens is 504 g/mol. The largest absolute Gasteiger partial charge is 0.481 e. The Morgan fingerprint density at radius 1 is 0.875 bits per heavy atom. The number of rotatable bonds is 1. The van der Waals surface area contributed by atoms with Crippen molar-refractivity contribution in [3.63, 3.8) is 0 Å². The van der Waals surface area contributed by atoms with Crippen molar-refractivity contribution in [2.24, 2.45) is 50.2 Å². The van der Waals surface area contributed by atoms with Crippen LogP contribution in [0.4, 0.5) is 0 Å². The van der Waals surface area contributed by atoms with Gasteiger partial charge in [-0.3, -0.25) is 19.2 Å². The third-order valence-corrected chi connectivity index (χ3v) is 14.6. The molecule has 0 aromatic heterocycles. The molecule has 6 heteroatoms. The first-order chi connectivity index (χ1) is 18.4. The van der Waals surface area contributed by atoms with Gasteiger partial charge in [-0.1, -0.05) is 47.1 Å². The van der Waals surface area contributed by atoms with Gasteiger partial charge in [0.2, 0.25) is 0 Å². The Balaban J connectivity index is 1.43. The summed E-state index contributed by atoms with van der Waals surface area (Å²) in [7, 11) is 0. The van der Waals surface area contributed by atoms with E-state index in [1.165, 1.54) is 5.57 Å². The summed E-state index contributed by atoms with van der Waals surface area (Å²) in [5, 5.41) is 10.1. The van der Waals surface area contributed by atoms with Gasteiger partial charge in [0.15, 0.2) is 17.2 Å². The maximum atomic E-state index is 14.5. The summed E-state index contributed by atoms with van der Waals surface area (Å²) >= 11 is 0. The predicted octanol–water partition coefficient (Wildman–Crippen LogP) is 6.70. The number of ether oxygens (including phenoxy) is 1. The number of ketones is 2. The molecular formula is C34H48O6. The Morgan fingerprint density at radius 2 is 1.55 bits per heavy atom. The summed E-state index contributed by atoms with van der Waals surface area (Å²) in [6, 6.07) is 0. The molecule has 0 unspecified atom stereocenters. The van der Waals surface area contributed by atoms with E-state index in [1.54, 1.807) is 0 Å². The summed E-state index contributed by atoms with van der Waals surface area (Å²) in [4.78, 5) is 52.8. The SMILES string of the molecule is CC1(C)[C@H]2CC[C@]3(C)[C@H](C(=O)C=C4[C@H]5C[C@@](C)(C(=O)O)CC[C@]5(C)CC[C@]43C)[C@@]2(C)CC[C@]12OC(=O)CCC2=O. The summed E-state index contributed by atoms with van der Waals surface area (Å²) in [6.07, 6.45) is 9.51. The Morgan fingerprint density at radius 3 is 2.23 bits per heavy atom. The van der Waals surface area contributed by atoms with Crippen LogP contribution in [0.3, 0.4) is 0 Å². The van der Waals surface area contributed by atoms with Gasteiger partial charge in [0, 0.05) is 17.8 Å². The highest BCUT2D eigenvalue weighted by atomic mass is 16.6. The van der Waals surface area contributed by atoms with E-state index in [2.05, 4.69) is 41.5 Å². The van der Waals surface area contributed by atoms with Gasteiger partial charge in [-0.15, -0.1) is 0 Å². The fourth-order valence-electron chi connectivity index (χ4n) is 11.7. The van der Waals surface area contributed by atoms with E-state index >= 15 is 0 Å². The zero-order chi connectivity index (χ0) is 29.3. The van der Waals surface area contributed by atoms with Crippen LogP contribution in [-0.2, 0) is 23.9 Å². The van der Waals surface area contributed by atoms with Gasteiger partial charge in [-0.05, 0) is 104 Å². The molecule has 1 heterocycles. The minimum absolute atomic E-state index is 0.0231. The highest BCUT2D eigenvalue weighted by Crippen LogP contribution is 2.76. The van der Waals surface area contributed by atoms with Crippen molar-refractivity contribution in [2.75, 3.05) is 0 Å². The average molecular weight is 553 g/mol. The number of allylic oxidation sites excluding steroid dienone is 2. The minimum Gasteiger partial charge on any atom is -0.481 e. The fourth-order valence-corrected chi connectivity index (χ4v) is 11.7. The van der Waals surface area contributed by atoms with E-state index in [0.29, 0.717) is 25.7 Å². The smallest absolute Gasteiger partial charge is 0.309 e. The maximum absolute atomic E-state index is 14.5. The fraction of sp³-hybridized carbons (Fsp3) is 0.824. The molecule has 220 valence electrons. The predicted molar refractivity (Wildman–Crippen MR) is 150 cm³/mol. The van der Waals surface area contributed by atoms with Gasteiger partial charge < -0.3 is 9.84 Å². The Hall–Kier alpha value is -1.98. The van der Waals surface area contributed by atoms with Gasteiger partial charge in [-0.2, -0.15) is 0 Å². The number of esters is 1. The van der Waals surface area contributed by atoms with Crippen molar-refractivity contribution < 1.29 is 29.0 Å². The molecule has 6 aliphatic rings. The summed E-state index contributed by atoms with van der Waals surface area (Å²) in [5.74, 6) is -0.788. The molecule has 5 fully saturated rings. The van der Waals surface area contributed by atoms with Crippen LogP contribution in [-0.4, -0.2) is 34.2 Å². The molecule has 6 nitrogen and oxygen atoms in total. The first kappa shape index (κ1) is 28.2. The van der Waals surface area contributed by atoms with Crippen LogP contribution in [0.15, 0.2) is 11.6 Å². The zero-order valence-electron chi connectivity index (χ0n) is 25.6. The molecule has 0 aromatic rings. The molecule has 1 N–H and O–H groups in total. The third-order valence-electron chi connectivity index (χ3n) is 14.6. The van der Waals surface area contributed by atoms with E-state index in [0.717, 1.165) is 32.1 Å². The number of carbonyl (C=O) groups is 4. The van der Waals surface area contributed by atoms with Gasteiger partial charge in [0.05, 0.1) is 11.8 Å². The van der Waals surface area contributed by atoms with Crippen LogP contribution >= 0.6 is 0 Å². The first-order valence-corrected chi connectivity index (χ1v) is 15.6. The molecule has 9 atom stereocenters. The summed E-state index contributed by atoms with van der Waals surface area (Å²) in [5.41, 5.74) is -1.97. The Labute approximate surface area is 239 Å². The lowest BCUT2D eigenvalue weighted by molar-refractivity contribution is -0.241. The van der Waals surface area contributed by atoms with Crippen molar-refractivity contribution in [1.29, 1.82) is 0 Å². The first-order valence-electron chi connectivity index (χ1n) is 15.6. The molecule has 1 spiro atoms. The lowest BCUT2D eigenvalue weighted by atomic mass is 9.32. The molecule has 4 saturated carbocycles. The molecule has 1 aliphatic heterocycles. The molecule has 0 amide bonds. The van der Waals surface area contributed by atoms with Gasteiger partial charge in [-0.25, -0.2) is 0 Å². The van der Waals surface area contributed by atoms with Crippen LogP contribution in [0.25, 0.3) is 0 Å². The minimum atomic E-state index is -1.10. The van der Waals surface area contributed by atoms with Crippen molar-refractivity contribution in [3.05, 3.63) is 11.6 Å².